The fraction of sp³-hybridized carbons (Fsp3) is 0.467. The van der Waals surface area contributed by atoms with Gasteiger partial charge >= 0.3 is 0 Å². The summed E-state index contributed by atoms with van der Waals surface area (Å²) in [5.74, 6) is 0.484. The molecule has 0 aliphatic heterocycles. The summed E-state index contributed by atoms with van der Waals surface area (Å²) in [5.41, 5.74) is 8.23. The van der Waals surface area contributed by atoms with Crippen molar-refractivity contribution in [3.63, 3.8) is 0 Å². The Balaban J connectivity index is 1.54. The smallest absolute Gasteiger partial charge is 0.230 e. The van der Waals surface area contributed by atoms with E-state index in [4.69, 9.17) is 5.73 Å². The lowest BCUT2D eigenvalue weighted by atomic mass is 9.95. The first-order valence-corrected chi connectivity index (χ1v) is 8.37. The highest BCUT2D eigenvalue weighted by Gasteiger charge is 2.16. The first kappa shape index (κ1) is 14.3. The van der Waals surface area contributed by atoms with Gasteiger partial charge < -0.3 is 16.0 Å². The number of rotatable bonds is 4. The number of nitrogens with zero attached hydrogens (tertiary/aromatic N) is 1. The molecule has 1 saturated carbocycles. The van der Waals surface area contributed by atoms with E-state index >= 15 is 0 Å². The number of hydrogen-bond donors (Lipinski definition) is 3. The number of benzene rings is 1. The van der Waals surface area contributed by atoms with E-state index in [0.717, 1.165) is 29.0 Å². The number of imidazole rings is 1. The minimum absolute atomic E-state index is 0.0897. The third kappa shape index (κ3) is 3.69. The zero-order valence-electron chi connectivity index (χ0n) is 11.9. The molecular formula is C15H20N4OS. The lowest BCUT2D eigenvalue weighted by Crippen LogP contribution is -2.37. The summed E-state index contributed by atoms with van der Waals surface area (Å²) in [6.07, 6.45) is 5.97. The second-order valence-corrected chi connectivity index (χ2v) is 6.47. The Morgan fingerprint density at radius 2 is 2.19 bits per heavy atom. The zero-order valence-corrected chi connectivity index (χ0v) is 12.7. The van der Waals surface area contributed by atoms with Crippen LogP contribution in [-0.2, 0) is 4.79 Å². The number of fused-ring (bicyclic) bond motifs is 1. The lowest BCUT2D eigenvalue weighted by Gasteiger charge is -2.22. The Morgan fingerprint density at radius 3 is 3.00 bits per heavy atom. The molecule has 2 aromatic rings. The van der Waals surface area contributed by atoms with E-state index in [2.05, 4.69) is 15.3 Å². The van der Waals surface area contributed by atoms with Crippen molar-refractivity contribution in [2.45, 2.75) is 43.3 Å². The summed E-state index contributed by atoms with van der Waals surface area (Å²) >= 11 is 1.43. The summed E-state index contributed by atoms with van der Waals surface area (Å²) in [4.78, 5) is 19.6. The van der Waals surface area contributed by atoms with Gasteiger partial charge in [-0.25, -0.2) is 4.98 Å². The highest BCUT2D eigenvalue weighted by Crippen LogP contribution is 2.21. The number of nitrogens with two attached hydrogens (primary N) is 1. The van der Waals surface area contributed by atoms with E-state index in [1.165, 1.54) is 31.0 Å². The minimum Gasteiger partial charge on any atom is -0.399 e. The van der Waals surface area contributed by atoms with Gasteiger partial charge in [-0.15, -0.1) is 0 Å². The van der Waals surface area contributed by atoms with E-state index in [0.29, 0.717) is 17.5 Å². The second-order valence-electron chi connectivity index (χ2n) is 5.51. The molecule has 1 aliphatic carbocycles. The van der Waals surface area contributed by atoms with Gasteiger partial charge in [0.1, 0.15) is 0 Å². The van der Waals surface area contributed by atoms with Crippen molar-refractivity contribution in [3.8, 4) is 0 Å². The molecule has 5 nitrogen and oxygen atoms in total. The second kappa shape index (κ2) is 6.39. The van der Waals surface area contributed by atoms with Gasteiger partial charge in [0.15, 0.2) is 5.16 Å². The van der Waals surface area contributed by atoms with Crippen LogP contribution in [0.15, 0.2) is 23.4 Å². The Morgan fingerprint density at radius 1 is 1.38 bits per heavy atom. The molecule has 21 heavy (non-hydrogen) atoms. The molecule has 1 amide bonds. The minimum atomic E-state index is 0.0897. The molecule has 3 rings (SSSR count). The molecule has 0 bridgehead atoms. The van der Waals surface area contributed by atoms with Crippen molar-refractivity contribution in [2.75, 3.05) is 11.5 Å². The van der Waals surface area contributed by atoms with Gasteiger partial charge in [-0.05, 0) is 31.0 Å². The maximum absolute atomic E-state index is 12.0. The summed E-state index contributed by atoms with van der Waals surface area (Å²) in [5, 5.41) is 3.87. The van der Waals surface area contributed by atoms with Crippen LogP contribution in [0.2, 0.25) is 0 Å². The molecular weight excluding hydrogens is 284 g/mol. The molecule has 112 valence electrons. The van der Waals surface area contributed by atoms with E-state index in [1.807, 2.05) is 18.2 Å². The average molecular weight is 304 g/mol. The maximum Gasteiger partial charge on any atom is 0.230 e. The fourth-order valence-electron chi connectivity index (χ4n) is 2.72. The predicted molar refractivity (Wildman–Crippen MR) is 86.2 cm³/mol. The van der Waals surface area contributed by atoms with Gasteiger partial charge in [0.25, 0.3) is 0 Å². The van der Waals surface area contributed by atoms with Crippen molar-refractivity contribution in [2.24, 2.45) is 0 Å². The third-order valence-corrected chi connectivity index (χ3v) is 4.67. The number of nitrogen functional groups attached to an aromatic ring is 1. The van der Waals surface area contributed by atoms with E-state index < -0.39 is 0 Å². The Kier molecular flexibility index (Phi) is 4.34. The fourth-order valence-corrected chi connectivity index (χ4v) is 3.42. The number of aromatic amines is 1. The summed E-state index contributed by atoms with van der Waals surface area (Å²) in [6, 6.07) is 5.93. The van der Waals surface area contributed by atoms with Gasteiger partial charge in [0.2, 0.25) is 5.91 Å². The van der Waals surface area contributed by atoms with Crippen LogP contribution in [0.3, 0.4) is 0 Å². The van der Waals surface area contributed by atoms with E-state index in [-0.39, 0.29) is 5.91 Å². The molecule has 1 heterocycles. The van der Waals surface area contributed by atoms with Crippen molar-refractivity contribution in [1.29, 1.82) is 0 Å². The number of nitrogens with one attached hydrogen (secondary N) is 2. The molecule has 0 radical (unpaired) electrons. The van der Waals surface area contributed by atoms with Gasteiger partial charge in [-0.1, -0.05) is 31.0 Å². The van der Waals surface area contributed by atoms with Crippen LogP contribution >= 0.6 is 11.8 Å². The molecule has 0 unspecified atom stereocenters. The Bertz CT molecular complexity index is 634. The van der Waals surface area contributed by atoms with Crippen LogP contribution in [0, 0.1) is 0 Å². The van der Waals surface area contributed by atoms with Crippen LogP contribution < -0.4 is 11.1 Å². The molecule has 1 aromatic carbocycles. The number of anilines is 1. The maximum atomic E-state index is 12.0. The van der Waals surface area contributed by atoms with E-state index in [9.17, 15) is 4.79 Å². The molecule has 0 saturated heterocycles. The normalized spacial score (nSPS) is 16.2. The highest BCUT2D eigenvalue weighted by atomic mass is 32.2. The van der Waals surface area contributed by atoms with Crippen molar-refractivity contribution < 1.29 is 4.79 Å². The van der Waals surface area contributed by atoms with Gasteiger partial charge in [-0.2, -0.15) is 0 Å². The Labute approximate surface area is 128 Å². The third-order valence-electron chi connectivity index (χ3n) is 3.79. The van der Waals surface area contributed by atoms with Gasteiger partial charge in [0.05, 0.1) is 16.8 Å². The van der Waals surface area contributed by atoms with Crippen LogP contribution in [0.1, 0.15) is 32.1 Å². The number of thioether (sulfide) groups is 1. The molecule has 1 fully saturated rings. The number of aromatic nitrogens is 2. The quantitative estimate of drug-likeness (QED) is 0.599. The van der Waals surface area contributed by atoms with Crippen LogP contribution in [0.5, 0.6) is 0 Å². The van der Waals surface area contributed by atoms with Crippen LogP contribution in [-0.4, -0.2) is 27.7 Å². The summed E-state index contributed by atoms with van der Waals surface area (Å²) in [7, 11) is 0. The highest BCUT2D eigenvalue weighted by molar-refractivity contribution is 7.99. The van der Waals surface area contributed by atoms with Crippen LogP contribution in [0.25, 0.3) is 11.0 Å². The topological polar surface area (TPSA) is 83.8 Å². The number of carbonyl (C=O) groups excluding carboxylic acids is 1. The SMILES string of the molecule is Nc1ccc2nc(SCC(=O)NC3CCCCC3)[nH]c2c1. The summed E-state index contributed by atoms with van der Waals surface area (Å²) < 4.78 is 0. The molecule has 1 aromatic heterocycles. The largest absolute Gasteiger partial charge is 0.399 e. The molecule has 0 spiro atoms. The average Bonchev–Trinajstić information content (AvgIpc) is 2.88. The van der Waals surface area contributed by atoms with E-state index in [1.54, 1.807) is 0 Å². The standard InChI is InChI=1S/C15H20N4OS/c16-10-6-7-12-13(8-10)19-15(18-12)21-9-14(20)17-11-4-2-1-3-5-11/h6-8,11H,1-5,9,16H2,(H,17,20)(H,18,19). The first-order valence-electron chi connectivity index (χ1n) is 7.38. The van der Waals surface area contributed by atoms with Crippen molar-refractivity contribution in [1.82, 2.24) is 15.3 Å². The molecule has 1 aliphatic rings. The zero-order chi connectivity index (χ0) is 14.7. The van der Waals surface area contributed by atoms with Crippen LogP contribution in [0.4, 0.5) is 5.69 Å². The Hall–Kier alpha value is -1.69. The number of carbonyl (C=O) groups is 1. The number of amides is 1. The molecule has 0 atom stereocenters. The number of H-pyrrole nitrogens is 1. The molecule has 4 N–H and O–H groups in total. The molecule has 6 heteroatoms. The number of hydrogen-bond acceptors (Lipinski definition) is 4. The van der Waals surface area contributed by atoms with Crippen molar-refractivity contribution >= 4 is 34.4 Å². The van der Waals surface area contributed by atoms with Crippen molar-refractivity contribution in [3.05, 3.63) is 18.2 Å². The first-order chi connectivity index (χ1) is 10.2. The predicted octanol–water partition coefficient (Wildman–Crippen LogP) is 2.69. The monoisotopic (exact) mass is 304 g/mol. The lowest BCUT2D eigenvalue weighted by molar-refractivity contribution is -0.119. The van der Waals surface area contributed by atoms with Gasteiger partial charge in [-0.3, -0.25) is 4.79 Å². The van der Waals surface area contributed by atoms with Gasteiger partial charge in [0, 0.05) is 11.7 Å². The summed E-state index contributed by atoms with van der Waals surface area (Å²) in [6.45, 7) is 0.